The van der Waals surface area contributed by atoms with Crippen molar-refractivity contribution in [3.05, 3.63) is 35.1 Å². The molecule has 0 radical (unpaired) electrons. The Balaban J connectivity index is 1.36. The average molecular weight is 621 g/mol. The van der Waals surface area contributed by atoms with E-state index in [0.29, 0.717) is 67.7 Å². The highest BCUT2D eigenvalue weighted by atomic mass is 79.9. The van der Waals surface area contributed by atoms with Gasteiger partial charge < -0.3 is 28.6 Å². The summed E-state index contributed by atoms with van der Waals surface area (Å²) in [6.07, 6.45) is 4.38. The van der Waals surface area contributed by atoms with Gasteiger partial charge in [-0.1, -0.05) is 6.07 Å². The zero-order chi connectivity index (χ0) is 26.8. The number of nitrogens with one attached hydrogen (secondary N) is 1. The lowest BCUT2D eigenvalue weighted by atomic mass is 10.1. The van der Waals surface area contributed by atoms with Gasteiger partial charge in [-0.15, -0.1) is 0 Å². The van der Waals surface area contributed by atoms with E-state index < -0.39 is 15.3 Å². The second-order valence-electron chi connectivity index (χ2n) is 8.95. The predicted octanol–water partition coefficient (Wildman–Crippen LogP) is 2.62. The standard InChI is InChI=1S/C24H25BrN6O7S/c25-16-12-26-24(27-13-16)36-10-9-35-22-20(15-1-4-18-19(11-15)38-14-37-18)21(30-39(32,33)17-2-3-17)28-23(29-22)31-5-7-34-8-6-31/h1,4,11-13,17H,2-3,5-10,14H2,(H,28,29,30). The number of aromatic nitrogens is 4. The number of hydrogen-bond acceptors (Lipinski definition) is 12. The molecule has 1 saturated heterocycles. The van der Waals surface area contributed by atoms with E-state index in [9.17, 15) is 8.42 Å². The van der Waals surface area contributed by atoms with Gasteiger partial charge in [0.1, 0.15) is 13.2 Å². The molecule has 1 aliphatic carbocycles. The zero-order valence-corrected chi connectivity index (χ0v) is 23.1. The van der Waals surface area contributed by atoms with Crippen LogP contribution in [0.2, 0.25) is 0 Å². The number of nitrogens with zero attached hydrogens (tertiary/aromatic N) is 5. The van der Waals surface area contributed by atoms with E-state index in [0.717, 1.165) is 4.47 Å². The molecular formula is C24H25BrN6O7S. The van der Waals surface area contributed by atoms with E-state index in [1.54, 1.807) is 30.6 Å². The fraction of sp³-hybridized carbons (Fsp3) is 0.417. The summed E-state index contributed by atoms with van der Waals surface area (Å²) in [5, 5.41) is -0.451. The van der Waals surface area contributed by atoms with Crippen LogP contribution in [0.5, 0.6) is 23.4 Å². The van der Waals surface area contributed by atoms with E-state index in [4.69, 9.17) is 28.7 Å². The fourth-order valence-electron chi connectivity index (χ4n) is 4.07. The summed E-state index contributed by atoms with van der Waals surface area (Å²) in [4.78, 5) is 19.5. The molecule has 6 rings (SSSR count). The van der Waals surface area contributed by atoms with Gasteiger partial charge in [0.25, 0.3) is 0 Å². The first kappa shape index (κ1) is 25.8. The summed E-state index contributed by atoms with van der Waals surface area (Å²) in [5.74, 6) is 1.78. The normalized spacial score (nSPS) is 16.7. The van der Waals surface area contributed by atoms with Crippen molar-refractivity contribution in [3.8, 4) is 34.5 Å². The predicted molar refractivity (Wildman–Crippen MR) is 143 cm³/mol. The molecule has 13 nitrogen and oxygen atoms in total. The van der Waals surface area contributed by atoms with Crippen molar-refractivity contribution in [1.29, 1.82) is 0 Å². The van der Waals surface area contributed by atoms with Crippen LogP contribution in [0.4, 0.5) is 11.8 Å². The average Bonchev–Trinajstić information content (AvgIpc) is 3.71. The van der Waals surface area contributed by atoms with Gasteiger partial charge in [-0.25, -0.2) is 18.4 Å². The lowest BCUT2D eigenvalue weighted by Gasteiger charge is -2.28. The Hall–Kier alpha value is -3.43. The van der Waals surface area contributed by atoms with Crippen LogP contribution in [-0.2, 0) is 14.8 Å². The molecule has 1 aromatic carbocycles. The Morgan fingerprint density at radius 2 is 1.77 bits per heavy atom. The zero-order valence-electron chi connectivity index (χ0n) is 20.7. The van der Waals surface area contributed by atoms with Crippen LogP contribution in [0.25, 0.3) is 11.1 Å². The molecule has 0 bridgehead atoms. The summed E-state index contributed by atoms with van der Waals surface area (Å²) < 4.78 is 57.7. The molecule has 2 aromatic heterocycles. The Kier molecular flexibility index (Phi) is 7.27. The summed E-state index contributed by atoms with van der Waals surface area (Å²) in [7, 11) is -3.65. The van der Waals surface area contributed by atoms with E-state index in [1.165, 1.54) is 0 Å². The number of halogens is 1. The first-order chi connectivity index (χ1) is 19.0. The maximum atomic E-state index is 13.0. The molecule has 39 heavy (non-hydrogen) atoms. The molecule has 0 amide bonds. The van der Waals surface area contributed by atoms with Gasteiger partial charge in [-0.3, -0.25) is 4.72 Å². The van der Waals surface area contributed by atoms with Crippen LogP contribution in [0.1, 0.15) is 12.8 Å². The first-order valence-corrected chi connectivity index (χ1v) is 14.7. The van der Waals surface area contributed by atoms with E-state index in [1.807, 2.05) is 4.90 Å². The highest BCUT2D eigenvalue weighted by molar-refractivity contribution is 9.10. The van der Waals surface area contributed by atoms with Crippen LogP contribution >= 0.6 is 15.9 Å². The van der Waals surface area contributed by atoms with Crippen LogP contribution in [0.15, 0.2) is 35.1 Å². The number of rotatable bonds is 10. The Labute approximate surface area is 233 Å². The van der Waals surface area contributed by atoms with Crippen molar-refractivity contribution >= 4 is 37.7 Å². The van der Waals surface area contributed by atoms with Crippen molar-refractivity contribution < 1.29 is 32.1 Å². The fourth-order valence-corrected chi connectivity index (χ4v) is 5.61. The molecule has 206 valence electrons. The minimum Gasteiger partial charge on any atom is -0.473 e. The third-order valence-corrected chi connectivity index (χ3v) is 8.41. The minimum atomic E-state index is -3.65. The lowest BCUT2D eigenvalue weighted by Crippen LogP contribution is -2.37. The number of benzene rings is 1. The minimum absolute atomic E-state index is 0.0886. The highest BCUT2D eigenvalue weighted by Crippen LogP contribution is 2.43. The molecule has 0 atom stereocenters. The van der Waals surface area contributed by atoms with E-state index in [2.05, 4.69) is 35.6 Å². The van der Waals surface area contributed by atoms with Crippen molar-refractivity contribution in [1.82, 2.24) is 19.9 Å². The third kappa shape index (κ3) is 5.94. The summed E-state index contributed by atoms with van der Waals surface area (Å²) >= 11 is 3.29. The van der Waals surface area contributed by atoms with Gasteiger partial charge in [0.05, 0.1) is 28.5 Å². The van der Waals surface area contributed by atoms with Crippen molar-refractivity contribution in [2.75, 3.05) is 55.9 Å². The Morgan fingerprint density at radius 3 is 2.54 bits per heavy atom. The monoisotopic (exact) mass is 620 g/mol. The Morgan fingerprint density at radius 1 is 1.03 bits per heavy atom. The van der Waals surface area contributed by atoms with Gasteiger partial charge in [0.2, 0.25) is 28.6 Å². The quantitative estimate of drug-likeness (QED) is 0.332. The van der Waals surface area contributed by atoms with Gasteiger partial charge in [-0.2, -0.15) is 9.97 Å². The molecule has 0 spiro atoms. The van der Waals surface area contributed by atoms with Crippen LogP contribution in [0, 0.1) is 0 Å². The van der Waals surface area contributed by atoms with E-state index in [-0.39, 0.29) is 37.7 Å². The second-order valence-corrected chi connectivity index (χ2v) is 11.8. The lowest BCUT2D eigenvalue weighted by molar-refractivity contribution is 0.122. The van der Waals surface area contributed by atoms with Gasteiger partial charge in [-0.05, 0) is 46.5 Å². The van der Waals surface area contributed by atoms with Gasteiger partial charge in [0, 0.05) is 25.5 Å². The van der Waals surface area contributed by atoms with Gasteiger partial charge in [0.15, 0.2) is 17.3 Å². The van der Waals surface area contributed by atoms with Crippen LogP contribution < -0.4 is 28.6 Å². The molecule has 15 heteroatoms. The number of hydrogen-bond donors (Lipinski definition) is 1. The molecule has 3 aromatic rings. The maximum Gasteiger partial charge on any atom is 0.316 e. The SMILES string of the molecule is O=S(=O)(Nc1nc(N2CCOCC2)nc(OCCOc2ncc(Br)cn2)c1-c1ccc2c(c1)OCO2)C1CC1. The first-order valence-electron chi connectivity index (χ1n) is 12.4. The summed E-state index contributed by atoms with van der Waals surface area (Å²) in [6, 6.07) is 5.50. The largest absolute Gasteiger partial charge is 0.473 e. The number of fused-ring (bicyclic) bond motifs is 1. The molecule has 4 heterocycles. The molecule has 3 aliphatic rings. The number of sulfonamides is 1. The number of ether oxygens (including phenoxy) is 5. The molecule has 2 fully saturated rings. The number of morpholine rings is 1. The van der Waals surface area contributed by atoms with Crippen molar-refractivity contribution in [2.45, 2.75) is 18.1 Å². The molecular weight excluding hydrogens is 596 g/mol. The van der Waals surface area contributed by atoms with Gasteiger partial charge >= 0.3 is 6.01 Å². The summed E-state index contributed by atoms with van der Waals surface area (Å²) in [5.41, 5.74) is 0.989. The smallest absolute Gasteiger partial charge is 0.316 e. The highest BCUT2D eigenvalue weighted by Gasteiger charge is 2.37. The maximum absolute atomic E-state index is 13.0. The topological polar surface area (TPSA) is 147 Å². The summed E-state index contributed by atoms with van der Waals surface area (Å²) in [6.45, 7) is 2.45. The molecule has 0 unspecified atom stereocenters. The molecule has 1 saturated carbocycles. The van der Waals surface area contributed by atoms with Crippen molar-refractivity contribution in [2.24, 2.45) is 0 Å². The van der Waals surface area contributed by atoms with Crippen molar-refractivity contribution in [3.63, 3.8) is 0 Å². The molecule has 1 N–H and O–H groups in total. The third-order valence-electron chi connectivity index (χ3n) is 6.17. The second kappa shape index (κ2) is 11.0. The molecule has 2 aliphatic heterocycles. The number of anilines is 2. The van der Waals surface area contributed by atoms with Crippen LogP contribution in [0.3, 0.4) is 0 Å². The van der Waals surface area contributed by atoms with Crippen LogP contribution in [-0.4, -0.2) is 79.9 Å². The van der Waals surface area contributed by atoms with E-state index >= 15 is 0 Å². The Bertz CT molecular complexity index is 1450.